The van der Waals surface area contributed by atoms with Gasteiger partial charge in [-0.15, -0.1) is 0 Å². The highest BCUT2D eigenvalue weighted by atomic mass is 16.4. The molecular formula is C24H34N2O6. The van der Waals surface area contributed by atoms with E-state index in [9.17, 15) is 24.3 Å². The summed E-state index contributed by atoms with van der Waals surface area (Å²) >= 11 is 0. The van der Waals surface area contributed by atoms with Gasteiger partial charge in [0.15, 0.2) is 0 Å². The van der Waals surface area contributed by atoms with E-state index in [-0.39, 0.29) is 41.4 Å². The van der Waals surface area contributed by atoms with Crippen molar-refractivity contribution in [1.29, 1.82) is 0 Å². The summed E-state index contributed by atoms with van der Waals surface area (Å²) in [4.78, 5) is 51.9. The fraction of sp³-hybridized carbons (Fsp3) is 0.750. The first-order chi connectivity index (χ1) is 15.3. The molecule has 0 bridgehead atoms. The van der Waals surface area contributed by atoms with Crippen molar-refractivity contribution in [2.45, 2.75) is 95.9 Å². The second-order valence-electron chi connectivity index (χ2n) is 10.2. The predicted molar refractivity (Wildman–Crippen MR) is 115 cm³/mol. The molecule has 8 heteroatoms. The summed E-state index contributed by atoms with van der Waals surface area (Å²) < 4.78 is 0. The Bertz CT molecular complexity index is 837. The van der Waals surface area contributed by atoms with Gasteiger partial charge < -0.3 is 15.5 Å². The van der Waals surface area contributed by atoms with Crippen molar-refractivity contribution in [2.24, 2.45) is 10.8 Å². The number of nitrogens with zero attached hydrogens (tertiary/aromatic N) is 1. The van der Waals surface area contributed by atoms with Gasteiger partial charge in [-0.2, -0.15) is 0 Å². The van der Waals surface area contributed by atoms with Crippen molar-refractivity contribution in [1.82, 2.24) is 10.2 Å². The molecule has 1 aliphatic heterocycles. The van der Waals surface area contributed by atoms with E-state index >= 15 is 0 Å². The van der Waals surface area contributed by atoms with Crippen molar-refractivity contribution < 1.29 is 29.4 Å². The van der Waals surface area contributed by atoms with Crippen molar-refractivity contribution in [2.75, 3.05) is 6.54 Å². The fourth-order valence-electron chi connectivity index (χ4n) is 6.65. The Morgan fingerprint density at radius 2 is 1.62 bits per heavy atom. The van der Waals surface area contributed by atoms with Gasteiger partial charge in [-0.1, -0.05) is 38.5 Å². The van der Waals surface area contributed by atoms with E-state index in [0.29, 0.717) is 19.3 Å². The molecule has 4 rings (SSSR count). The Balaban J connectivity index is 1.69. The zero-order valence-corrected chi connectivity index (χ0v) is 18.7. The number of aliphatic hydroxyl groups is 1. The van der Waals surface area contributed by atoms with Gasteiger partial charge in [0.1, 0.15) is 17.9 Å². The third-order valence-electron chi connectivity index (χ3n) is 8.37. The maximum atomic E-state index is 13.5. The molecule has 3 N–H and O–H groups in total. The second-order valence-corrected chi connectivity index (χ2v) is 10.2. The maximum absolute atomic E-state index is 13.5. The first kappa shape index (κ1) is 22.8. The molecule has 1 heterocycles. The number of carboxylic acid groups (broad SMARTS) is 1. The van der Waals surface area contributed by atoms with E-state index in [4.69, 9.17) is 5.11 Å². The molecule has 1 atom stereocenters. The number of rotatable bonds is 4. The second kappa shape index (κ2) is 8.87. The summed E-state index contributed by atoms with van der Waals surface area (Å²) in [5.74, 6) is -3.52. The number of allylic oxidation sites excluding steroid dienone is 1. The van der Waals surface area contributed by atoms with Crippen molar-refractivity contribution in [3.05, 3.63) is 11.3 Å². The molecule has 0 unspecified atom stereocenters. The topological polar surface area (TPSA) is 124 Å². The summed E-state index contributed by atoms with van der Waals surface area (Å²) in [5.41, 5.74) is -0.649. The van der Waals surface area contributed by atoms with Crippen LogP contribution in [0.4, 0.5) is 0 Å². The molecule has 0 aromatic rings. The van der Waals surface area contributed by atoms with Crippen LogP contribution in [0.2, 0.25) is 0 Å². The van der Waals surface area contributed by atoms with Crippen LogP contribution in [0.3, 0.4) is 0 Å². The molecule has 3 fully saturated rings. The Kier molecular flexibility index (Phi) is 6.32. The summed E-state index contributed by atoms with van der Waals surface area (Å²) in [7, 11) is 0. The standard InChI is InChI=1S/C24H34N2O6/c27-17-13-24(15-23(24)10-5-2-6-11-23)12-9-18(28)26(16-7-3-1-4-8-16)22(32)20(17)21(31)25-14-19(29)30/h16,27H,1-15H2,(H,25,31)(H,29,30)/b20-17+/t24-/m1/s1. The van der Waals surface area contributed by atoms with Crippen LogP contribution >= 0.6 is 0 Å². The van der Waals surface area contributed by atoms with Gasteiger partial charge >= 0.3 is 5.97 Å². The highest BCUT2D eigenvalue weighted by Gasteiger charge is 2.66. The van der Waals surface area contributed by atoms with Crippen LogP contribution in [0.25, 0.3) is 0 Å². The largest absolute Gasteiger partial charge is 0.511 e. The molecule has 0 aromatic heterocycles. The van der Waals surface area contributed by atoms with Gasteiger partial charge in [-0.3, -0.25) is 24.1 Å². The lowest BCUT2D eigenvalue weighted by Crippen LogP contribution is -2.48. The highest BCUT2D eigenvalue weighted by Crippen LogP contribution is 2.74. The van der Waals surface area contributed by atoms with E-state index < -0.39 is 29.9 Å². The van der Waals surface area contributed by atoms with Crippen LogP contribution in [0.5, 0.6) is 0 Å². The van der Waals surface area contributed by atoms with Crippen LogP contribution in [0.15, 0.2) is 11.3 Å². The number of aliphatic hydroxyl groups excluding tert-OH is 1. The zero-order valence-electron chi connectivity index (χ0n) is 18.7. The van der Waals surface area contributed by atoms with E-state index in [1.54, 1.807) is 0 Å². The lowest BCUT2D eigenvalue weighted by Gasteiger charge is -2.33. The molecule has 2 spiro atoms. The summed E-state index contributed by atoms with van der Waals surface area (Å²) in [6.45, 7) is -0.657. The molecule has 4 aliphatic rings. The lowest BCUT2D eigenvalue weighted by atomic mass is 9.76. The van der Waals surface area contributed by atoms with Crippen LogP contribution in [0, 0.1) is 10.8 Å². The quantitative estimate of drug-likeness (QED) is 0.450. The van der Waals surface area contributed by atoms with Gasteiger partial charge in [-0.25, -0.2) is 0 Å². The molecule has 0 radical (unpaired) electrons. The maximum Gasteiger partial charge on any atom is 0.322 e. The smallest absolute Gasteiger partial charge is 0.322 e. The molecule has 8 nitrogen and oxygen atoms in total. The molecule has 0 saturated heterocycles. The minimum absolute atomic E-state index is 0.0746. The van der Waals surface area contributed by atoms with E-state index in [2.05, 4.69) is 5.32 Å². The average Bonchev–Trinajstić information content (AvgIpc) is 3.35. The number of carbonyl (C=O) groups is 4. The van der Waals surface area contributed by atoms with Gasteiger partial charge in [0.25, 0.3) is 11.8 Å². The van der Waals surface area contributed by atoms with Gasteiger partial charge in [-0.05, 0) is 49.4 Å². The first-order valence-electron chi connectivity index (χ1n) is 12.1. The SMILES string of the molecule is O=C(O)CNC(=O)/C1=C(\O)C[C@]2(CCC(=O)N(C3CCCCC3)C1=O)CC21CCCCC1. The number of amides is 3. The molecular weight excluding hydrogens is 412 g/mol. The Morgan fingerprint density at radius 1 is 0.969 bits per heavy atom. The van der Waals surface area contributed by atoms with Crippen LogP contribution in [0.1, 0.15) is 89.9 Å². The number of nitrogens with one attached hydrogen (secondary N) is 1. The minimum Gasteiger partial charge on any atom is -0.511 e. The third-order valence-corrected chi connectivity index (χ3v) is 8.37. The Hall–Kier alpha value is -2.38. The number of fused-ring (bicyclic) bond motifs is 1. The van der Waals surface area contributed by atoms with Crippen LogP contribution < -0.4 is 5.32 Å². The molecule has 3 amide bonds. The monoisotopic (exact) mass is 446 g/mol. The normalized spacial score (nSPS) is 31.2. The minimum atomic E-state index is -1.24. The number of carbonyl (C=O) groups excluding carboxylic acids is 3. The predicted octanol–water partition coefficient (Wildman–Crippen LogP) is 3.21. The Labute approximate surface area is 188 Å². The highest BCUT2D eigenvalue weighted by molar-refractivity contribution is 6.22. The zero-order chi connectivity index (χ0) is 22.9. The van der Waals surface area contributed by atoms with E-state index in [0.717, 1.165) is 51.4 Å². The van der Waals surface area contributed by atoms with Crippen molar-refractivity contribution in [3.63, 3.8) is 0 Å². The number of aliphatic carboxylic acids is 1. The van der Waals surface area contributed by atoms with Gasteiger partial charge in [0, 0.05) is 18.9 Å². The molecule has 0 aromatic carbocycles. The van der Waals surface area contributed by atoms with Crippen LogP contribution in [-0.4, -0.2) is 51.4 Å². The number of carboxylic acids is 1. The van der Waals surface area contributed by atoms with Crippen molar-refractivity contribution in [3.8, 4) is 0 Å². The number of imide groups is 1. The van der Waals surface area contributed by atoms with E-state index in [1.807, 2.05) is 0 Å². The molecule has 3 aliphatic carbocycles. The third kappa shape index (κ3) is 4.16. The molecule has 32 heavy (non-hydrogen) atoms. The lowest BCUT2D eigenvalue weighted by molar-refractivity contribution is -0.147. The summed E-state index contributed by atoms with van der Waals surface area (Å²) in [6.07, 6.45) is 11.7. The van der Waals surface area contributed by atoms with Crippen molar-refractivity contribution >= 4 is 23.7 Å². The number of hydrogen-bond acceptors (Lipinski definition) is 5. The van der Waals surface area contributed by atoms with Gasteiger partial charge in [0.05, 0.1) is 0 Å². The fourth-order valence-corrected chi connectivity index (χ4v) is 6.65. The first-order valence-corrected chi connectivity index (χ1v) is 12.1. The molecule has 3 saturated carbocycles. The summed E-state index contributed by atoms with van der Waals surface area (Å²) in [5, 5.41) is 22.3. The molecule has 176 valence electrons. The number of hydrogen-bond donors (Lipinski definition) is 3. The van der Waals surface area contributed by atoms with Gasteiger partial charge in [0.2, 0.25) is 5.91 Å². The average molecular weight is 447 g/mol. The summed E-state index contributed by atoms with van der Waals surface area (Å²) in [6, 6.07) is -0.282. The van der Waals surface area contributed by atoms with Crippen LogP contribution in [-0.2, 0) is 19.2 Å². The van der Waals surface area contributed by atoms with E-state index in [1.165, 1.54) is 11.3 Å². The Morgan fingerprint density at radius 3 is 2.28 bits per heavy atom.